The van der Waals surface area contributed by atoms with Gasteiger partial charge in [0.2, 0.25) is 0 Å². The molecule has 3 heterocycles. The van der Waals surface area contributed by atoms with Crippen molar-refractivity contribution in [1.82, 2.24) is 9.80 Å². The number of likely N-dealkylation sites (tertiary alicyclic amines) is 1. The normalized spacial score (nSPS) is 22.4. The average molecular weight is 572 g/mol. The van der Waals surface area contributed by atoms with Gasteiger partial charge in [-0.2, -0.15) is 31.6 Å². The van der Waals surface area contributed by atoms with Crippen LogP contribution in [-0.2, 0) is 17.1 Å². The molecule has 0 saturated carbocycles. The van der Waals surface area contributed by atoms with Crippen LogP contribution in [0.4, 0.5) is 47.3 Å². The molecule has 2 aromatic carbocycles. The van der Waals surface area contributed by atoms with E-state index in [0.717, 1.165) is 9.80 Å². The number of carbonyl (C=O) groups excluding carboxylic acids is 3. The second-order valence-electron chi connectivity index (χ2n) is 9.33. The molecule has 2 bridgehead atoms. The first kappa shape index (κ1) is 26.6. The molecule has 39 heavy (non-hydrogen) atoms. The van der Waals surface area contributed by atoms with Crippen molar-refractivity contribution in [2.45, 2.75) is 43.8 Å². The van der Waals surface area contributed by atoms with E-state index < -0.39 is 65.3 Å². The summed E-state index contributed by atoms with van der Waals surface area (Å²) >= 11 is 6.20. The molecule has 5 rings (SSSR count). The number of alkyl halides is 6. The van der Waals surface area contributed by atoms with Crippen molar-refractivity contribution in [2.75, 3.05) is 16.8 Å². The van der Waals surface area contributed by atoms with Gasteiger partial charge in [0.25, 0.3) is 5.91 Å². The highest BCUT2D eigenvalue weighted by atomic mass is 35.5. The fourth-order valence-corrected chi connectivity index (χ4v) is 5.54. The minimum Gasteiger partial charge on any atom is -0.317 e. The second-order valence-corrected chi connectivity index (χ2v) is 9.70. The van der Waals surface area contributed by atoms with Gasteiger partial charge < -0.3 is 15.1 Å². The Labute approximate surface area is 221 Å². The summed E-state index contributed by atoms with van der Waals surface area (Å²) in [5.41, 5.74) is -3.30. The fraction of sp³-hybridized carbons (Fsp3) is 0.333. The Hall–Kier alpha value is -3.99. The molecule has 5 amide bonds. The first-order chi connectivity index (χ1) is 18.1. The largest absolute Gasteiger partial charge is 0.416 e. The molecule has 15 heteroatoms. The van der Waals surface area contributed by atoms with Crippen molar-refractivity contribution in [3.05, 3.63) is 57.6 Å². The molecule has 0 spiro atoms. The quantitative estimate of drug-likeness (QED) is 0.386. The number of piperazine rings is 1. The molecule has 3 fully saturated rings. The monoisotopic (exact) mass is 571 g/mol. The molecule has 2 aromatic rings. The van der Waals surface area contributed by atoms with E-state index in [1.165, 1.54) is 24.0 Å². The maximum Gasteiger partial charge on any atom is 0.416 e. The summed E-state index contributed by atoms with van der Waals surface area (Å²) in [6.45, 7) is 1.44. The number of benzene rings is 2. The van der Waals surface area contributed by atoms with Gasteiger partial charge >= 0.3 is 24.4 Å². The Morgan fingerprint density at radius 2 is 1.69 bits per heavy atom. The predicted molar refractivity (Wildman–Crippen MR) is 124 cm³/mol. The number of carbonyl (C=O) groups is 3. The Morgan fingerprint density at radius 1 is 1.08 bits per heavy atom. The number of nitrogens with one attached hydrogen (secondary N) is 1. The van der Waals surface area contributed by atoms with Crippen LogP contribution in [0.3, 0.4) is 0 Å². The molecule has 3 atom stereocenters. The zero-order chi connectivity index (χ0) is 28.6. The van der Waals surface area contributed by atoms with Crippen LogP contribution >= 0.6 is 11.6 Å². The Morgan fingerprint density at radius 3 is 2.26 bits per heavy atom. The van der Waals surface area contributed by atoms with Gasteiger partial charge in [-0.05, 0) is 49.2 Å². The van der Waals surface area contributed by atoms with Gasteiger partial charge in [-0.25, -0.2) is 14.5 Å². The highest BCUT2D eigenvalue weighted by Gasteiger charge is 2.63. The topological polar surface area (TPSA) is 96.8 Å². The lowest BCUT2D eigenvalue weighted by Gasteiger charge is -2.34. The highest BCUT2D eigenvalue weighted by Crippen LogP contribution is 2.44. The molecule has 0 aliphatic carbocycles. The molecule has 3 saturated heterocycles. The molecule has 1 unspecified atom stereocenters. The van der Waals surface area contributed by atoms with Crippen LogP contribution in [0.1, 0.15) is 28.7 Å². The Kier molecular flexibility index (Phi) is 5.98. The molecule has 3 aliphatic heterocycles. The molecule has 0 radical (unpaired) electrons. The van der Waals surface area contributed by atoms with Gasteiger partial charge in [-0.1, -0.05) is 11.6 Å². The number of nitrogens with zero attached hydrogens (tertiary/aromatic N) is 4. The van der Waals surface area contributed by atoms with Gasteiger partial charge in [-0.15, -0.1) is 0 Å². The molecular weight excluding hydrogens is 556 g/mol. The summed E-state index contributed by atoms with van der Waals surface area (Å²) in [4.78, 5) is 43.0. The molecular formula is C24H16ClF6N5O3. The number of hydrogen-bond donors (Lipinski definition) is 1. The van der Waals surface area contributed by atoms with Crippen molar-refractivity contribution < 1.29 is 40.7 Å². The fourth-order valence-electron chi connectivity index (χ4n) is 5.34. The first-order valence-electron chi connectivity index (χ1n) is 11.4. The van der Waals surface area contributed by atoms with Crippen LogP contribution in [0.2, 0.25) is 5.02 Å². The summed E-state index contributed by atoms with van der Waals surface area (Å²) in [7, 11) is 0. The van der Waals surface area contributed by atoms with Crippen molar-refractivity contribution in [2.24, 2.45) is 0 Å². The van der Waals surface area contributed by atoms with Gasteiger partial charge in [0.05, 0.1) is 39.5 Å². The minimum absolute atomic E-state index is 0.0554. The molecule has 3 aliphatic rings. The van der Waals surface area contributed by atoms with Crippen molar-refractivity contribution in [3.63, 3.8) is 0 Å². The second kappa shape index (κ2) is 8.77. The van der Waals surface area contributed by atoms with Gasteiger partial charge in [0.15, 0.2) is 0 Å². The van der Waals surface area contributed by atoms with E-state index in [-0.39, 0.29) is 35.3 Å². The third-order valence-corrected chi connectivity index (χ3v) is 7.57. The van der Waals surface area contributed by atoms with E-state index in [4.69, 9.17) is 16.9 Å². The number of rotatable bonds is 2. The molecule has 204 valence electrons. The number of fused-ring (bicyclic) bond motifs is 5. The zero-order valence-electron chi connectivity index (χ0n) is 19.7. The van der Waals surface area contributed by atoms with Crippen LogP contribution in [0.25, 0.3) is 0 Å². The highest BCUT2D eigenvalue weighted by molar-refractivity contribution is 6.33. The van der Waals surface area contributed by atoms with Crippen molar-refractivity contribution in [3.8, 4) is 6.07 Å². The number of urea groups is 2. The molecule has 1 N–H and O–H groups in total. The van der Waals surface area contributed by atoms with Crippen molar-refractivity contribution in [1.29, 1.82) is 5.26 Å². The van der Waals surface area contributed by atoms with Gasteiger partial charge in [0, 0.05) is 12.2 Å². The summed E-state index contributed by atoms with van der Waals surface area (Å²) in [6, 6.07) is 1.12. The van der Waals surface area contributed by atoms with E-state index in [9.17, 15) is 40.7 Å². The third kappa shape index (κ3) is 4.21. The van der Waals surface area contributed by atoms with Crippen LogP contribution in [0.15, 0.2) is 30.3 Å². The molecule has 0 aromatic heterocycles. The number of anilines is 2. The summed E-state index contributed by atoms with van der Waals surface area (Å²) in [5, 5.41) is 11.3. The maximum absolute atomic E-state index is 13.4. The summed E-state index contributed by atoms with van der Waals surface area (Å²) in [6.07, 6.45) is -9.99. The predicted octanol–water partition coefficient (Wildman–Crippen LogP) is 5.38. The number of amides is 5. The van der Waals surface area contributed by atoms with E-state index >= 15 is 0 Å². The SMILES string of the molecule is Cc1c(N2C(=O)[C@H]3C4C[C@H](CN4C(=O)Nc4cc(C(F)(F)F)cc(C(F)(F)F)c4)N3C2=O)ccc(C#N)c1Cl. The van der Waals surface area contributed by atoms with Crippen LogP contribution in [0.5, 0.6) is 0 Å². The van der Waals surface area contributed by atoms with Crippen LogP contribution < -0.4 is 10.2 Å². The maximum atomic E-state index is 13.4. The number of halogens is 7. The number of hydrogen-bond acceptors (Lipinski definition) is 4. The summed E-state index contributed by atoms with van der Waals surface area (Å²) < 4.78 is 79.2. The average Bonchev–Trinajstić information content (AvgIpc) is 3.51. The van der Waals surface area contributed by atoms with E-state index in [1.54, 1.807) is 0 Å². The minimum atomic E-state index is -5.10. The third-order valence-electron chi connectivity index (χ3n) is 7.08. The smallest absolute Gasteiger partial charge is 0.317 e. The standard InChI is InChI=1S/C24H16ClF6N5O3/c1-10-16(3-2-11(8-32)18(10)25)36-20(37)19-17-7-15(35(19)22(36)39)9-34(17)21(38)33-14-5-12(23(26,27)28)4-13(6-14)24(29,30)31/h2-6,15,17,19H,7,9H2,1H3,(H,33,38)/t15-,17?,19-/m1/s1. The number of imide groups is 1. The number of nitriles is 1. The van der Waals surface area contributed by atoms with E-state index in [2.05, 4.69) is 5.32 Å². The lowest BCUT2D eigenvalue weighted by Crippen LogP contribution is -2.55. The molecule has 8 nitrogen and oxygen atoms in total. The van der Waals surface area contributed by atoms with Gasteiger partial charge in [0.1, 0.15) is 12.1 Å². The first-order valence-corrected chi connectivity index (χ1v) is 11.7. The van der Waals surface area contributed by atoms with Crippen molar-refractivity contribution >= 4 is 40.9 Å². The van der Waals surface area contributed by atoms with Gasteiger partial charge in [-0.3, -0.25) is 4.79 Å². The summed E-state index contributed by atoms with van der Waals surface area (Å²) in [5.74, 6) is -0.674. The van der Waals surface area contributed by atoms with Crippen LogP contribution in [0, 0.1) is 18.3 Å². The van der Waals surface area contributed by atoms with E-state index in [0.29, 0.717) is 17.7 Å². The lowest BCUT2D eigenvalue weighted by atomic mass is 10.1. The van der Waals surface area contributed by atoms with Crippen LogP contribution in [-0.4, -0.2) is 52.4 Å². The lowest BCUT2D eigenvalue weighted by molar-refractivity contribution is -0.143. The zero-order valence-corrected chi connectivity index (χ0v) is 20.4. The Bertz CT molecular complexity index is 1440. The van der Waals surface area contributed by atoms with E-state index in [1.807, 2.05) is 6.07 Å². The Balaban J connectivity index is 1.41.